The summed E-state index contributed by atoms with van der Waals surface area (Å²) in [6, 6.07) is 10.4. The van der Waals surface area contributed by atoms with Crippen molar-refractivity contribution in [3.8, 4) is 11.1 Å². The molecule has 0 aliphatic carbocycles. The van der Waals surface area contributed by atoms with Crippen LogP contribution in [0.25, 0.3) is 27.8 Å². The Morgan fingerprint density at radius 2 is 1.82 bits per heavy atom. The molecule has 8 nitrogen and oxygen atoms in total. The lowest BCUT2D eigenvalue weighted by molar-refractivity contribution is -0.142. The number of aromatic nitrogens is 5. The Bertz CT molecular complexity index is 1260. The van der Waals surface area contributed by atoms with Crippen LogP contribution < -0.4 is 5.56 Å². The van der Waals surface area contributed by atoms with Crippen LogP contribution in [0.4, 0.5) is 0 Å². The highest BCUT2D eigenvalue weighted by Gasteiger charge is 2.26. The van der Waals surface area contributed by atoms with Crippen LogP contribution in [0.15, 0.2) is 47.4 Å². The van der Waals surface area contributed by atoms with Gasteiger partial charge < -0.3 is 5.11 Å². The zero-order valence-corrected chi connectivity index (χ0v) is 15.7. The molecule has 0 amide bonds. The minimum absolute atomic E-state index is 0.0870. The van der Waals surface area contributed by atoms with Crippen molar-refractivity contribution in [3.05, 3.63) is 58.6 Å². The molecule has 142 valence electrons. The summed E-state index contributed by atoms with van der Waals surface area (Å²) in [7, 11) is 0. The second kappa shape index (κ2) is 6.56. The fourth-order valence-electron chi connectivity index (χ4n) is 3.55. The Morgan fingerprint density at radius 3 is 2.46 bits per heavy atom. The smallest absolute Gasteiger partial charge is 0.327 e. The summed E-state index contributed by atoms with van der Waals surface area (Å²) >= 11 is 0. The van der Waals surface area contributed by atoms with Crippen molar-refractivity contribution in [2.45, 2.75) is 26.8 Å². The average molecular weight is 377 g/mol. The lowest BCUT2D eigenvalue weighted by atomic mass is 10.0. The van der Waals surface area contributed by atoms with Crippen LogP contribution >= 0.6 is 0 Å². The van der Waals surface area contributed by atoms with E-state index in [0.29, 0.717) is 11.2 Å². The molecule has 8 heteroatoms. The molecule has 0 fully saturated rings. The Kier molecular flexibility index (Phi) is 4.18. The molecule has 1 unspecified atom stereocenters. The fourth-order valence-corrected chi connectivity index (χ4v) is 3.55. The molecule has 28 heavy (non-hydrogen) atoms. The number of rotatable bonds is 4. The zero-order chi connectivity index (χ0) is 20.0. The van der Waals surface area contributed by atoms with Crippen molar-refractivity contribution in [2.75, 3.05) is 0 Å². The lowest BCUT2D eigenvalue weighted by Gasteiger charge is -2.19. The van der Waals surface area contributed by atoms with Crippen molar-refractivity contribution >= 4 is 22.6 Å². The molecule has 4 aromatic rings. The summed E-state index contributed by atoms with van der Waals surface area (Å²) in [4.78, 5) is 24.6. The number of carboxylic acids is 1. The van der Waals surface area contributed by atoms with Crippen LogP contribution in [0.5, 0.6) is 0 Å². The molecule has 0 aliphatic heterocycles. The van der Waals surface area contributed by atoms with Gasteiger partial charge in [0.1, 0.15) is 11.6 Å². The van der Waals surface area contributed by atoms with Gasteiger partial charge in [-0.1, -0.05) is 44.2 Å². The van der Waals surface area contributed by atoms with Crippen LogP contribution in [-0.2, 0) is 4.79 Å². The highest BCUT2D eigenvalue weighted by atomic mass is 16.4. The van der Waals surface area contributed by atoms with Gasteiger partial charge in [-0.3, -0.25) is 9.36 Å². The maximum absolute atomic E-state index is 12.9. The second-order valence-corrected chi connectivity index (χ2v) is 7.05. The van der Waals surface area contributed by atoms with Crippen LogP contribution in [-0.4, -0.2) is 35.5 Å². The normalized spacial score (nSPS) is 12.7. The Balaban J connectivity index is 1.99. The third-order valence-corrected chi connectivity index (χ3v) is 4.83. The Morgan fingerprint density at radius 1 is 1.11 bits per heavy atom. The van der Waals surface area contributed by atoms with Gasteiger partial charge in [0.25, 0.3) is 5.56 Å². The Hall–Kier alpha value is -3.55. The maximum Gasteiger partial charge on any atom is 0.327 e. The van der Waals surface area contributed by atoms with Gasteiger partial charge in [-0.25, -0.2) is 9.31 Å². The van der Waals surface area contributed by atoms with E-state index >= 15 is 0 Å². The number of aryl methyl sites for hydroxylation is 1. The molecule has 3 heterocycles. The monoisotopic (exact) mass is 377 g/mol. The van der Waals surface area contributed by atoms with Crippen LogP contribution in [0, 0.1) is 12.8 Å². The topological polar surface area (TPSA) is 102 Å². The summed E-state index contributed by atoms with van der Waals surface area (Å²) in [5.74, 6) is -1.33. The minimum Gasteiger partial charge on any atom is -0.480 e. The summed E-state index contributed by atoms with van der Waals surface area (Å²) in [5, 5.41) is 22.5. The van der Waals surface area contributed by atoms with E-state index in [-0.39, 0.29) is 11.4 Å². The molecule has 1 atom stereocenters. The van der Waals surface area contributed by atoms with Gasteiger partial charge in [0, 0.05) is 6.20 Å². The van der Waals surface area contributed by atoms with Gasteiger partial charge in [-0.05, 0) is 24.5 Å². The molecule has 0 bridgehead atoms. The number of hydrogen-bond donors (Lipinski definition) is 1. The van der Waals surface area contributed by atoms with Crippen LogP contribution in [0.2, 0.25) is 0 Å². The van der Waals surface area contributed by atoms with Crippen LogP contribution in [0.3, 0.4) is 0 Å². The molecule has 0 radical (unpaired) electrons. The minimum atomic E-state index is -1.06. The summed E-state index contributed by atoms with van der Waals surface area (Å²) in [5.41, 5.74) is 3.21. The van der Waals surface area contributed by atoms with Crippen LogP contribution in [0.1, 0.15) is 25.6 Å². The van der Waals surface area contributed by atoms with E-state index in [9.17, 15) is 14.7 Å². The van der Waals surface area contributed by atoms with E-state index in [1.165, 1.54) is 10.8 Å². The molecular formula is C20H19N5O3. The number of carbonyl (C=O) groups is 1. The third-order valence-electron chi connectivity index (χ3n) is 4.83. The standard InChI is InChI=1S/C20H19N5O3/c1-11(2)17(20(27)28)24-10-9-14-16(19(24)26)21-22-18-15(12(3)23-25(14)18)13-7-5-4-6-8-13/h4-11,17H,1-3H3,(H,27,28). The highest BCUT2D eigenvalue weighted by Crippen LogP contribution is 2.28. The summed E-state index contributed by atoms with van der Waals surface area (Å²) in [6.45, 7) is 5.39. The number of benzene rings is 1. The molecule has 0 saturated carbocycles. The molecule has 1 aromatic carbocycles. The van der Waals surface area contributed by atoms with Gasteiger partial charge in [0.15, 0.2) is 11.2 Å². The lowest BCUT2D eigenvalue weighted by Crippen LogP contribution is -2.33. The highest BCUT2D eigenvalue weighted by molar-refractivity contribution is 5.84. The zero-order valence-electron chi connectivity index (χ0n) is 15.7. The van der Waals surface area contributed by atoms with E-state index in [4.69, 9.17) is 0 Å². The number of aliphatic carboxylic acids is 1. The van der Waals surface area contributed by atoms with Crippen molar-refractivity contribution in [2.24, 2.45) is 5.92 Å². The van der Waals surface area contributed by atoms with Gasteiger partial charge in [0.2, 0.25) is 0 Å². The number of nitrogens with zero attached hydrogens (tertiary/aromatic N) is 5. The maximum atomic E-state index is 12.9. The predicted octanol–water partition coefficient (Wildman–Crippen LogP) is 2.70. The van der Waals surface area contributed by atoms with Crippen molar-refractivity contribution in [1.82, 2.24) is 24.4 Å². The predicted molar refractivity (Wildman–Crippen MR) is 104 cm³/mol. The SMILES string of the molecule is Cc1nn2c(nnc3c(=O)n(C(C(=O)O)C(C)C)ccc32)c1-c1ccccc1. The summed E-state index contributed by atoms with van der Waals surface area (Å²) in [6.07, 6.45) is 1.49. The summed E-state index contributed by atoms with van der Waals surface area (Å²) < 4.78 is 2.79. The van der Waals surface area contributed by atoms with Crippen molar-refractivity contribution in [3.63, 3.8) is 0 Å². The van der Waals surface area contributed by atoms with Gasteiger partial charge in [-0.2, -0.15) is 5.10 Å². The van der Waals surface area contributed by atoms with Crippen molar-refractivity contribution < 1.29 is 9.90 Å². The third kappa shape index (κ3) is 2.65. The molecular weight excluding hydrogens is 358 g/mol. The molecule has 1 N–H and O–H groups in total. The van der Waals surface area contributed by atoms with Gasteiger partial charge >= 0.3 is 5.97 Å². The first-order valence-corrected chi connectivity index (χ1v) is 8.95. The van der Waals surface area contributed by atoms with E-state index < -0.39 is 17.6 Å². The van der Waals surface area contributed by atoms with Gasteiger partial charge in [0.05, 0.1) is 11.3 Å². The quantitative estimate of drug-likeness (QED) is 0.587. The van der Waals surface area contributed by atoms with E-state index in [1.54, 1.807) is 24.4 Å². The number of hydrogen-bond acceptors (Lipinski definition) is 5. The molecule has 4 rings (SSSR count). The average Bonchev–Trinajstić information content (AvgIpc) is 3.00. The van der Waals surface area contributed by atoms with Crippen molar-refractivity contribution in [1.29, 1.82) is 0 Å². The van der Waals surface area contributed by atoms with E-state index in [1.807, 2.05) is 37.3 Å². The fraction of sp³-hybridized carbons (Fsp3) is 0.250. The molecule has 0 spiro atoms. The van der Waals surface area contributed by atoms with Gasteiger partial charge in [-0.15, -0.1) is 10.2 Å². The Labute approximate surface area is 160 Å². The first-order valence-electron chi connectivity index (χ1n) is 8.95. The first-order chi connectivity index (χ1) is 13.4. The van der Waals surface area contributed by atoms with E-state index in [2.05, 4.69) is 15.3 Å². The second-order valence-electron chi connectivity index (χ2n) is 7.05. The number of carboxylic acid groups (broad SMARTS) is 1. The molecule has 0 saturated heterocycles. The first kappa shape index (κ1) is 17.8. The largest absolute Gasteiger partial charge is 0.480 e. The number of pyridine rings is 1. The molecule has 0 aliphatic rings. The molecule has 3 aromatic heterocycles. The van der Waals surface area contributed by atoms with E-state index in [0.717, 1.165) is 16.8 Å². The number of fused-ring (bicyclic) bond motifs is 3.